The largest absolute Gasteiger partial charge is 0.456 e. The first kappa shape index (κ1) is 36.0. The summed E-state index contributed by atoms with van der Waals surface area (Å²) in [5.41, 5.74) is 1.85. The van der Waals surface area contributed by atoms with Crippen LogP contribution in [0.15, 0.2) is 24.3 Å². The molecule has 2 aromatic rings. The van der Waals surface area contributed by atoms with Crippen LogP contribution in [0.2, 0.25) is 0 Å². The van der Waals surface area contributed by atoms with E-state index in [2.05, 4.69) is 0 Å². The van der Waals surface area contributed by atoms with Crippen LogP contribution in [0.25, 0.3) is 10.4 Å². The Morgan fingerprint density at radius 3 is 1.76 bits per heavy atom. The van der Waals surface area contributed by atoms with Gasteiger partial charge < -0.3 is 18.9 Å². The van der Waals surface area contributed by atoms with Crippen LogP contribution in [0, 0.1) is 0 Å². The Morgan fingerprint density at radius 2 is 1.22 bits per heavy atom. The summed E-state index contributed by atoms with van der Waals surface area (Å²) < 4.78 is 21.6. The summed E-state index contributed by atoms with van der Waals surface area (Å²) in [5.74, 6) is -1.96. The monoisotopic (exact) mass is 696 g/mol. The highest BCUT2D eigenvalue weighted by molar-refractivity contribution is 7.17. The number of amides is 2. The summed E-state index contributed by atoms with van der Waals surface area (Å²) in [6, 6.07) is 5.54. The Morgan fingerprint density at radius 1 is 0.714 bits per heavy atom. The number of fused-ring (bicyclic) bond motifs is 3. The van der Waals surface area contributed by atoms with Crippen LogP contribution >= 0.6 is 11.3 Å². The van der Waals surface area contributed by atoms with Crippen molar-refractivity contribution in [2.75, 3.05) is 26.3 Å². The van der Waals surface area contributed by atoms with Crippen LogP contribution in [0.4, 0.5) is 9.59 Å². The molecule has 264 valence electrons. The number of ether oxygens (including phenoxy) is 4. The van der Waals surface area contributed by atoms with Gasteiger partial charge in [0, 0.05) is 23.5 Å². The summed E-state index contributed by atoms with van der Waals surface area (Å²) in [5, 5.41) is 0. The highest BCUT2D eigenvalue weighted by Crippen LogP contribution is 2.40. The molecule has 1 aliphatic carbocycles. The summed E-state index contributed by atoms with van der Waals surface area (Å²) in [6.07, 6.45) is 2.30. The van der Waals surface area contributed by atoms with E-state index in [4.69, 9.17) is 18.9 Å². The van der Waals surface area contributed by atoms with E-state index in [1.165, 1.54) is 21.1 Å². The third-order valence-electron chi connectivity index (χ3n) is 8.42. The molecule has 2 aliphatic heterocycles. The van der Waals surface area contributed by atoms with E-state index in [-0.39, 0.29) is 11.6 Å². The Hall–Kier alpha value is -4.26. The van der Waals surface area contributed by atoms with Gasteiger partial charge in [-0.05, 0) is 109 Å². The fourth-order valence-corrected chi connectivity index (χ4v) is 7.36. The maximum atomic E-state index is 13.1. The topological polar surface area (TPSA) is 146 Å². The number of nitrogens with zero attached hydrogens (tertiary/aromatic N) is 2. The van der Waals surface area contributed by atoms with Crippen LogP contribution < -0.4 is 0 Å². The second kappa shape index (κ2) is 14.3. The first-order chi connectivity index (χ1) is 23.0. The van der Waals surface area contributed by atoms with Gasteiger partial charge in [-0.25, -0.2) is 19.2 Å². The SMILES string of the molecule is CC(C)(C)OC(=O)N1CCCC1C(=O)OCC(=O)c1ccc2c(c1)CCc1cc(C(=O)COC(=O)C3CCCN3C(=O)OC(C)(C)C)sc1-2. The fraction of sp³-hybridized carbons (Fsp3) is 0.556. The molecular formula is C36H44N2O10S. The molecule has 0 spiro atoms. The summed E-state index contributed by atoms with van der Waals surface area (Å²) >= 11 is 1.31. The Bertz CT molecular complexity index is 1650. The quantitative estimate of drug-likeness (QED) is 0.190. The second-order valence-electron chi connectivity index (χ2n) is 14.6. The predicted octanol–water partition coefficient (Wildman–Crippen LogP) is 5.76. The lowest BCUT2D eigenvalue weighted by Gasteiger charge is -2.27. The van der Waals surface area contributed by atoms with Crippen molar-refractivity contribution >= 4 is 47.0 Å². The van der Waals surface area contributed by atoms with Crippen molar-refractivity contribution in [2.45, 2.75) is 103 Å². The van der Waals surface area contributed by atoms with Gasteiger partial charge in [-0.2, -0.15) is 0 Å². The minimum atomic E-state index is -0.793. The van der Waals surface area contributed by atoms with Crippen LogP contribution in [0.3, 0.4) is 0 Å². The molecule has 1 aromatic heterocycles. The number of Topliss-reactive ketones (excluding diaryl/α,β-unsaturated/α-hetero) is 2. The maximum absolute atomic E-state index is 13.1. The van der Waals surface area contributed by atoms with E-state index >= 15 is 0 Å². The third-order valence-corrected chi connectivity index (χ3v) is 9.67. The second-order valence-corrected chi connectivity index (χ2v) is 15.6. The Labute approximate surface area is 290 Å². The van der Waals surface area contributed by atoms with E-state index in [9.17, 15) is 28.8 Å². The lowest BCUT2D eigenvalue weighted by molar-refractivity contribution is -0.148. The van der Waals surface area contributed by atoms with Gasteiger partial charge in [0.2, 0.25) is 5.78 Å². The van der Waals surface area contributed by atoms with E-state index in [1.807, 2.05) is 12.1 Å². The van der Waals surface area contributed by atoms with Crippen LogP contribution in [0.5, 0.6) is 0 Å². The molecule has 0 N–H and O–H groups in total. The number of aryl methyl sites for hydroxylation is 2. The number of carbonyl (C=O) groups excluding carboxylic acids is 6. The molecule has 12 nitrogen and oxygen atoms in total. The van der Waals surface area contributed by atoms with Gasteiger partial charge in [0.25, 0.3) is 0 Å². The highest BCUT2D eigenvalue weighted by atomic mass is 32.1. The summed E-state index contributed by atoms with van der Waals surface area (Å²) in [6.45, 7) is 10.4. The zero-order valence-electron chi connectivity index (χ0n) is 28.9. The van der Waals surface area contributed by atoms with Crippen molar-refractivity contribution in [3.63, 3.8) is 0 Å². The molecule has 2 atom stereocenters. The molecule has 1 aromatic carbocycles. The van der Waals surface area contributed by atoms with Crippen LogP contribution in [-0.2, 0) is 41.4 Å². The predicted molar refractivity (Wildman–Crippen MR) is 180 cm³/mol. The van der Waals surface area contributed by atoms with Gasteiger partial charge >= 0.3 is 24.1 Å². The molecule has 2 fully saturated rings. The van der Waals surface area contributed by atoms with Crippen molar-refractivity contribution in [3.8, 4) is 10.4 Å². The van der Waals surface area contributed by atoms with E-state index < -0.39 is 60.6 Å². The van der Waals surface area contributed by atoms with Gasteiger partial charge in [-0.3, -0.25) is 19.4 Å². The summed E-state index contributed by atoms with van der Waals surface area (Å²) in [7, 11) is 0. The van der Waals surface area contributed by atoms with Crippen molar-refractivity contribution < 1.29 is 47.7 Å². The van der Waals surface area contributed by atoms with Crippen molar-refractivity contribution in [3.05, 3.63) is 45.8 Å². The molecular weight excluding hydrogens is 652 g/mol. The summed E-state index contributed by atoms with van der Waals surface area (Å²) in [4.78, 5) is 81.0. The van der Waals surface area contributed by atoms with Crippen molar-refractivity contribution in [2.24, 2.45) is 0 Å². The van der Waals surface area contributed by atoms with Gasteiger partial charge in [-0.1, -0.05) is 12.1 Å². The lowest BCUT2D eigenvalue weighted by Crippen LogP contribution is -2.44. The Kier molecular flexibility index (Phi) is 10.5. The van der Waals surface area contributed by atoms with Gasteiger partial charge in [-0.15, -0.1) is 11.3 Å². The number of thiophene rings is 1. The first-order valence-corrected chi connectivity index (χ1v) is 17.5. The van der Waals surface area contributed by atoms with E-state index in [1.54, 1.807) is 53.7 Å². The standard InChI is InChI=1S/C36H44N2O10S/c1-35(2,3)47-33(43)37-15-7-9-25(37)31(41)45-19-27(39)22-13-14-24-21(17-22)11-12-23-18-29(49-30(23)24)28(40)20-46-32(42)26-10-8-16-38(26)34(44)48-36(4,5)6/h13-14,17-18,25-26H,7-12,15-16,19-20H2,1-6H3. The number of ketones is 2. The number of likely N-dealkylation sites (tertiary alicyclic amines) is 2. The average molecular weight is 697 g/mol. The lowest BCUT2D eigenvalue weighted by atomic mass is 9.89. The zero-order chi connectivity index (χ0) is 35.7. The highest BCUT2D eigenvalue weighted by Gasteiger charge is 2.39. The normalized spacial score (nSPS) is 18.7. The average Bonchev–Trinajstić information content (AvgIpc) is 3.80. The number of hydrogen-bond acceptors (Lipinski definition) is 11. The number of hydrogen-bond donors (Lipinski definition) is 0. The fourth-order valence-electron chi connectivity index (χ4n) is 6.17. The van der Waals surface area contributed by atoms with Crippen molar-refractivity contribution in [1.29, 1.82) is 0 Å². The minimum Gasteiger partial charge on any atom is -0.456 e. The molecule has 2 amide bonds. The van der Waals surface area contributed by atoms with E-state index in [0.29, 0.717) is 62.1 Å². The molecule has 2 unspecified atom stereocenters. The van der Waals surface area contributed by atoms with Crippen LogP contribution in [0.1, 0.15) is 98.4 Å². The zero-order valence-corrected chi connectivity index (χ0v) is 29.7. The third kappa shape index (κ3) is 8.67. The van der Waals surface area contributed by atoms with Gasteiger partial charge in [0.15, 0.2) is 19.0 Å². The Balaban J connectivity index is 1.17. The number of rotatable bonds is 8. The molecule has 3 heterocycles. The molecule has 5 rings (SSSR count). The van der Waals surface area contributed by atoms with Gasteiger partial charge in [0.05, 0.1) is 4.88 Å². The maximum Gasteiger partial charge on any atom is 0.411 e. The molecule has 0 saturated carbocycles. The van der Waals surface area contributed by atoms with Crippen molar-refractivity contribution in [1.82, 2.24) is 9.80 Å². The number of benzene rings is 1. The molecule has 0 bridgehead atoms. The smallest absolute Gasteiger partial charge is 0.411 e. The molecule has 2 saturated heterocycles. The van der Waals surface area contributed by atoms with Crippen LogP contribution in [-0.4, -0.2) is 95.1 Å². The number of esters is 2. The minimum absolute atomic E-state index is 0.336. The molecule has 0 radical (unpaired) electrons. The first-order valence-electron chi connectivity index (χ1n) is 16.7. The number of carbonyl (C=O) groups is 6. The molecule has 3 aliphatic rings. The molecule has 49 heavy (non-hydrogen) atoms. The van der Waals surface area contributed by atoms with Gasteiger partial charge in [0.1, 0.15) is 23.3 Å². The molecule has 13 heteroatoms. The van der Waals surface area contributed by atoms with E-state index in [0.717, 1.165) is 21.6 Å².